The van der Waals surface area contributed by atoms with E-state index in [-0.39, 0.29) is 16.8 Å². The van der Waals surface area contributed by atoms with E-state index in [0.29, 0.717) is 6.29 Å². The molecular weight excluding hydrogens is 174 g/mol. The van der Waals surface area contributed by atoms with Crippen molar-refractivity contribution in [3.8, 4) is 0 Å². The maximum atomic E-state index is 10.5. The third-order valence-corrected chi connectivity index (χ3v) is 1.49. The second-order valence-electron chi connectivity index (χ2n) is 2.29. The summed E-state index contributed by atoms with van der Waals surface area (Å²) in [5.41, 5.74) is -0.225. The van der Waals surface area contributed by atoms with Gasteiger partial charge < -0.3 is 5.11 Å². The lowest BCUT2D eigenvalue weighted by molar-refractivity contribution is 0.0697. The maximum Gasteiger partial charge on any atom is 0.338 e. The number of aromatic carboxylic acids is 1. The second-order valence-corrected chi connectivity index (χ2v) is 2.29. The number of carbonyl (C=O) groups is 2. The Morgan fingerprint density at radius 3 is 2.62 bits per heavy atom. The second kappa shape index (κ2) is 3.57. The molecule has 0 bridgehead atoms. The quantitative estimate of drug-likeness (QED) is 0.564. The first-order valence-corrected chi connectivity index (χ1v) is 3.35. The Morgan fingerprint density at radius 1 is 1.46 bits per heavy atom. The molecule has 0 fully saturated rings. The van der Waals surface area contributed by atoms with Crippen LogP contribution in [0.3, 0.4) is 0 Å². The van der Waals surface area contributed by atoms with E-state index in [2.05, 4.69) is 5.18 Å². The van der Waals surface area contributed by atoms with Gasteiger partial charge >= 0.3 is 5.97 Å². The topological polar surface area (TPSA) is 83.8 Å². The first-order chi connectivity index (χ1) is 6.19. The van der Waals surface area contributed by atoms with Gasteiger partial charge in [0.05, 0.1) is 5.56 Å². The van der Waals surface area contributed by atoms with Crippen LogP contribution in [0.25, 0.3) is 0 Å². The Hall–Kier alpha value is -2.04. The summed E-state index contributed by atoms with van der Waals surface area (Å²) in [6, 6.07) is 3.61. The summed E-state index contributed by atoms with van der Waals surface area (Å²) < 4.78 is 0. The van der Waals surface area contributed by atoms with Gasteiger partial charge in [-0.05, 0) is 17.3 Å². The lowest BCUT2D eigenvalue weighted by Crippen LogP contribution is -1.96. The minimum absolute atomic E-state index is 0.208. The van der Waals surface area contributed by atoms with E-state index in [9.17, 15) is 14.5 Å². The molecule has 0 spiro atoms. The molecule has 1 rings (SSSR count). The van der Waals surface area contributed by atoms with Crippen LogP contribution in [-0.4, -0.2) is 17.4 Å². The molecule has 5 heteroatoms. The van der Waals surface area contributed by atoms with Gasteiger partial charge in [-0.1, -0.05) is 6.07 Å². The van der Waals surface area contributed by atoms with Crippen LogP contribution in [0, 0.1) is 4.91 Å². The number of hydrogen-bond acceptors (Lipinski definition) is 4. The molecule has 0 unspecified atom stereocenters. The summed E-state index contributed by atoms with van der Waals surface area (Å²) in [6.45, 7) is 0. The fraction of sp³-hybridized carbons (Fsp3) is 0. The molecule has 0 aliphatic rings. The number of carbonyl (C=O) groups excluding carboxylic acids is 1. The van der Waals surface area contributed by atoms with Crippen molar-refractivity contribution in [1.82, 2.24) is 0 Å². The normalized spacial score (nSPS) is 9.23. The van der Waals surface area contributed by atoms with Crippen LogP contribution in [0.5, 0.6) is 0 Å². The van der Waals surface area contributed by atoms with Gasteiger partial charge in [0.2, 0.25) is 0 Å². The van der Waals surface area contributed by atoms with E-state index in [1.165, 1.54) is 12.1 Å². The zero-order valence-electron chi connectivity index (χ0n) is 6.43. The van der Waals surface area contributed by atoms with E-state index in [1.54, 1.807) is 0 Å². The summed E-state index contributed by atoms with van der Waals surface area (Å²) in [5, 5.41) is 11.1. The van der Waals surface area contributed by atoms with Crippen LogP contribution >= 0.6 is 0 Å². The molecule has 0 aliphatic carbocycles. The predicted molar refractivity (Wildman–Crippen MR) is 44.2 cm³/mol. The number of aldehydes is 1. The fourth-order valence-electron chi connectivity index (χ4n) is 0.878. The number of nitrogens with zero attached hydrogens (tertiary/aromatic N) is 1. The summed E-state index contributed by atoms with van der Waals surface area (Å²) in [4.78, 5) is 30.9. The van der Waals surface area contributed by atoms with Crippen LogP contribution in [0.1, 0.15) is 20.7 Å². The van der Waals surface area contributed by atoms with Crippen LogP contribution < -0.4 is 0 Å². The van der Waals surface area contributed by atoms with E-state index in [4.69, 9.17) is 5.11 Å². The molecule has 0 saturated carbocycles. The lowest BCUT2D eigenvalue weighted by atomic mass is 10.1. The summed E-state index contributed by atoms with van der Waals surface area (Å²) >= 11 is 0. The molecule has 0 radical (unpaired) electrons. The number of nitroso groups, excluding NO2 is 1. The highest BCUT2D eigenvalue weighted by Gasteiger charge is 2.10. The van der Waals surface area contributed by atoms with Crippen LogP contribution in [0.4, 0.5) is 5.69 Å². The van der Waals surface area contributed by atoms with Crippen LogP contribution in [0.2, 0.25) is 0 Å². The van der Waals surface area contributed by atoms with E-state index >= 15 is 0 Å². The predicted octanol–water partition coefficient (Wildman–Crippen LogP) is 1.60. The van der Waals surface area contributed by atoms with Gasteiger partial charge in [-0.3, -0.25) is 4.79 Å². The van der Waals surface area contributed by atoms with Gasteiger partial charge in [0, 0.05) is 5.56 Å². The molecule has 0 heterocycles. The van der Waals surface area contributed by atoms with E-state index in [0.717, 1.165) is 6.07 Å². The molecule has 1 N–H and O–H groups in total. The monoisotopic (exact) mass is 179 g/mol. The highest BCUT2D eigenvalue weighted by molar-refractivity contribution is 5.94. The third-order valence-electron chi connectivity index (χ3n) is 1.49. The molecule has 0 amide bonds. The Bertz CT molecular complexity index is 372. The highest BCUT2D eigenvalue weighted by atomic mass is 16.4. The maximum absolute atomic E-state index is 10.5. The van der Waals surface area contributed by atoms with Crippen molar-refractivity contribution < 1.29 is 14.7 Å². The van der Waals surface area contributed by atoms with Gasteiger partial charge in [0.15, 0.2) is 0 Å². The number of benzene rings is 1. The lowest BCUT2D eigenvalue weighted by Gasteiger charge is -1.97. The summed E-state index contributed by atoms with van der Waals surface area (Å²) in [6.07, 6.45) is 0.514. The average Bonchev–Trinajstić information content (AvgIpc) is 2.16. The largest absolute Gasteiger partial charge is 0.478 e. The molecule has 5 nitrogen and oxygen atoms in total. The molecule has 1 aromatic rings. The molecule has 13 heavy (non-hydrogen) atoms. The number of rotatable bonds is 3. The van der Waals surface area contributed by atoms with Crippen molar-refractivity contribution in [2.45, 2.75) is 0 Å². The first kappa shape index (κ1) is 9.05. The Balaban J connectivity index is 3.31. The molecule has 0 aliphatic heterocycles. The number of carboxylic acid groups (broad SMARTS) is 1. The van der Waals surface area contributed by atoms with Crippen molar-refractivity contribution in [2.24, 2.45) is 5.18 Å². The zero-order chi connectivity index (χ0) is 9.84. The molecule has 0 saturated heterocycles. The third kappa shape index (κ3) is 1.76. The molecular formula is C8H5NO4. The van der Waals surface area contributed by atoms with Gasteiger partial charge in [0.25, 0.3) is 0 Å². The van der Waals surface area contributed by atoms with Crippen molar-refractivity contribution in [3.63, 3.8) is 0 Å². The molecule has 66 valence electrons. The van der Waals surface area contributed by atoms with Crippen molar-refractivity contribution in [2.75, 3.05) is 0 Å². The summed E-state index contributed by atoms with van der Waals surface area (Å²) in [5.74, 6) is -1.24. The number of carboxylic acids is 1. The smallest absolute Gasteiger partial charge is 0.338 e. The van der Waals surface area contributed by atoms with Crippen molar-refractivity contribution >= 4 is 17.9 Å². The van der Waals surface area contributed by atoms with Gasteiger partial charge in [-0.25, -0.2) is 4.79 Å². The highest BCUT2D eigenvalue weighted by Crippen LogP contribution is 2.19. The van der Waals surface area contributed by atoms with E-state index < -0.39 is 5.97 Å². The van der Waals surface area contributed by atoms with Gasteiger partial charge in [0.1, 0.15) is 12.0 Å². The van der Waals surface area contributed by atoms with Crippen LogP contribution in [-0.2, 0) is 0 Å². The Morgan fingerprint density at radius 2 is 2.15 bits per heavy atom. The van der Waals surface area contributed by atoms with E-state index in [1.807, 2.05) is 0 Å². The van der Waals surface area contributed by atoms with Crippen molar-refractivity contribution in [3.05, 3.63) is 34.2 Å². The standard InChI is InChI=1S/C8H5NO4/c10-4-5-1-2-6(8(11)12)7(3-5)9-13/h1-4H,(H,11,12). The minimum atomic E-state index is -1.24. The molecule has 1 aromatic carbocycles. The Kier molecular flexibility index (Phi) is 2.49. The summed E-state index contributed by atoms with van der Waals surface area (Å²) in [7, 11) is 0. The SMILES string of the molecule is O=Cc1ccc(C(=O)O)c(N=O)c1. The Labute approximate surface area is 73.0 Å². The zero-order valence-corrected chi connectivity index (χ0v) is 6.43. The first-order valence-electron chi connectivity index (χ1n) is 3.35. The van der Waals surface area contributed by atoms with Crippen LogP contribution in [0.15, 0.2) is 23.4 Å². The number of hydrogen-bond donors (Lipinski definition) is 1. The minimum Gasteiger partial charge on any atom is -0.478 e. The fourth-order valence-corrected chi connectivity index (χ4v) is 0.878. The van der Waals surface area contributed by atoms with Crippen molar-refractivity contribution in [1.29, 1.82) is 0 Å². The molecule has 0 aromatic heterocycles. The van der Waals surface area contributed by atoms with Gasteiger partial charge in [-0.2, -0.15) is 0 Å². The van der Waals surface area contributed by atoms with Gasteiger partial charge in [-0.15, -0.1) is 4.91 Å². The average molecular weight is 179 g/mol. The molecule has 0 atom stereocenters.